The van der Waals surface area contributed by atoms with Crippen LogP contribution in [0.3, 0.4) is 0 Å². The van der Waals surface area contributed by atoms with Crippen molar-refractivity contribution in [1.82, 2.24) is 10.3 Å². The summed E-state index contributed by atoms with van der Waals surface area (Å²) in [6.45, 7) is 3.67. The highest BCUT2D eigenvalue weighted by Crippen LogP contribution is 2.22. The Morgan fingerprint density at radius 1 is 1.13 bits per heavy atom. The van der Waals surface area contributed by atoms with Crippen molar-refractivity contribution in [3.8, 4) is 0 Å². The standard InChI is InChI=1S/C18H19N3O2/c1-13-16(17-4-2-3-5-18(17)20-13)10-11-19-12-14-6-8-15(9-7-14)21(22)23/h2-9,19-20H,10-12H2,1H3. The molecule has 0 spiro atoms. The molecule has 2 aromatic carbocycles. The van der Waals surface area contributed by atoms with E-state index >= 15 is 0 Å². The summed E-state index contributed by atoms with van der Waals surface area (Å²) in [5.41, 5.74) is 4.91. The first kappa shape index (κ1) is 15.2. The second-order valence-electron chi connectivity index (χ2n) is 5.62. The van der Waals surface area contributed by atoms with Gasteiger partial charge >= 0.3 is 0 Å². The van der Waals surface area contributed by atoms with Crippen LogP contribution < -0.4 is 5.32 Å². The van der Waals surface area contributed by atoms with Crippen LogP contribution in [-0.4, -0.2) is 16.5 Å². The summed E-state index contributed by atoms with van der Waals surface area (Å²) in [6, 6.07) is 15.0. The molecule has 0 aliphatic rings. The number of aromatic nitrogens is 1. The number of para-hydroxylation sites is 1. The lowest BCUT2D eigenvalue weighted by molar-refractivity contribution is -0.384. The van der Waals surface area contributed by atoms with E-state index in [1.54, 1.807) is 24.3 Å². The number of rotatable bonds is 6. The minimum absolute atomic E-state index is 0.128. The monoisotopic (exact) mass is 309 g/mol. The summed E-state index contributed by atoms with van der Waals surface area (Å²) in [6.07, 6.45) is 0.947. The van der Waals surface area contributed by atoms with Gasteiger partial charge in [0.15, 0.2) is 0 Å². The molecule has 2 N–H and O–H groups in total. The van der Waals surface area contributed by atoms with Crippen LogP contribution in [0.2, 0.25) is 0 Å². The maximum Gasteiger partial charge on any atom is 0.269 e. The summed E-state index contributed by atoms with van der Waals surface area (Å²) in [4.78, 5) is 13.7. The van der Waals surface area contributed by atoms with Gasteiger partial charge in [-0.05, 0) is 37.1 Å². The zero-order chi connectivity index (χ0) is 16.2. The van der Waals surface area contributed by atoms with Gasteiger partial charge < -0.3 is 10.3 Å². The van der Waals surface area contributed by atoms with Gasteiger partial charge in [0.1, 0.15) is 0 Å². The molecule has 0 saturated carbocycles. The third-order valence-electron chi connectivity index (χ3n) is 4.06. The van der Waals surface area contributed by atoms with E-state index in [0.29, 0.717) is 6.54 Å². The molecule has 0 atom stereocenters. The highest BCUT2D eigenvalue weighted by molar-refractivity contribution is 5.84. The van der Waals surface area contributed by atoms with Crippen molar-refractivity contribution in [2.75, 3.05) is 6.54 Å². The Bertz CT molecular complexity index is 822. The molecule has 3 aromatic rings. The van der Waals surface area contributed by atoms with Crippen molar-refractivity contribution in [2.45, 2.75) is 19.9 Å². The first-order valence-corrected chi connectivity index (χ1v) is 7.65. The summed E-state index contributed by atoms with van der Waals surface area (Å²) >= 11 is 0. The number of H-pyrrole nitrogens is 1. The van der Waals surface area contributed by atoms with Crippen molar-refractivity contribution < 1.29 is 4.92 Å². The highest BCUT2D eigenvalue weighted by atomic mass is 16.6. The molecule has 5 heteroatoms. The molecule has 0 radical (unpaired) electrons. The highest BCUT2D eigenvalue weighted by Gasteiger charge is 2.07. The number of nitrogens with zero attached hydrogens (tertiary/aromatic N) is 1. The van der Waals surface area contributed by atoms with E-state index < -0.39 is 0 Å². The van der Waals surface area contributed by atoms with Gasteiger partial charge in [0.2, 0.25) is 0 Å². The molecule has 0 aliphatic carbocycles. The summed E-state index contributed by atoms with van der Waals surface area (Å²) < 4.78 is 0. The normalized spacial score (nSPS) is 11.0. The number of hydrogen-bond donors (Lipinski definition) is 2. The molecule has 0 bridgehead atoms. The van der Waals surface area contributed by atoms with Gasteiger partial charge in [-0.2, -0.15) is 0 Å². The molecule has 23 heavy (non-hydrogen) atoms. The fourth-order valence-corrected chi connectivity index (χ4v) is 2.84. The van der Waals surface area contributed by atoms with E-state index in [1.807, 2.05) is 6.07 Å². The molecule has 1 heterocycles. The van der Waals surface area contributed by atoms with Crippen LogP contribution in [0.15, 0.2) is 48.5 Å². The summed E-state index contributed by atoms with van der Waals surface area (Å²) in [7, 11) is 0. The summed E-state index contributed by atoms with van der Waals surface area (Å²) in [5.74, 6) is 0. The van der Waals surface area contributed by atoms with Gasteiger partial charge in [0.05, 0.1) is 4.92 Å². The van der Waals surface area contributed by atoms with E-state index in [2.05, 4.69) is 35.4 Å². The second-order valence-corrected chi connectivity index (χ2v) is 5.62. The van der Waals surface area contributed by atoms with Crippen LogP contribution in [-0.2, 0) is 13.0 Å². The van der Waals surface area contributed by atoms with Crippen molar-refractivity contribution in [2.24, 2.45) is 0 Å². The number of nitro groups is 1. The van der Waals surface area contributed by atoms with Crippen molar-refractivity contribution in [1.29, 1.82) is 0 Å². The molecule has 0 amide bonds. The number of nitrogens with one attached hydrogen (secondary N) is 2. The van der Waals surface area contributed by atoms with Crippen LogP contribution in [0.25, 0.3) is 10.9 Å². The van der Waals surface area contributed by atoms with Gasteiger partial charge in [0, 0.05) is 35.3 Å². The lowest BCUT2D eigenvalue weighted by atomic mass is 10.1. The molecule has 3 rings (SSSR count). The molecule has 0 aliphatic heterocycles. The maximum absolute atomic E-state index is 10.6. The quantitative estimate of drug-likeness (QED) is 0.414. The average molecular weight is 309 g/mol. The van der Waals surface area contributed by atoms with E-state index in [-0.39, 0.29) is 10.6 Å². The molecule has 0 fully saturated rings. The van der Waals surface area contributed by atoms with Crippen LogP contribution >= 0.6 is 0 Å². The maximum atomic E-state index is 10.6. The third-order valence-corrected chi connectivity index (χ3v) is 4.06. The van der Waals surface area contributed by atoms with Crippen molar-refractivity contribution >= 4 is 16.6 Å². The van der Waals surface area contributed by atoms with E-state index in [1.165, 1.54) is 22.2 Å². The minimum Gasteiger partial charge on any atom is -0.358 e. The first-order chi connectivity index (χ1) is 11.1. The Labute approximate surface area is 134 Å². The largest absolute Gasteiger partial charge is 0.358 e. The number of aromatic amines is 1. The molecular weight excluding hydrogens is 290 g/mol. The van der Waals surface area contributed by atoms with Gasteiger partial charge in [-0.25, -0.2) is 0 Å². The van der Waals surface area contributed by atoms with Gasteiger partial charge in [-0.15, -0.1) is 0 Å². The Balaban J connectivity index is 1.57. The van der Waals surface area contributed by atoms with E-state index in [0.717, 1.165) is 18.5 Å². The van der Waals surface area contributed by atoms with Crippen LogP contribution in [0, 0.1) is 17.0 Å². The number of non-ortho nitro benzene ring substituents is 1. The number of benzene rings is 2. The number of fused-ring (bicyclic) bond motifs is 1. The Hall–Kier alpha value is -2.66. The predicted molar refractivity (Wildman–Crippen MR) is 91.5 cm³/mol. The first-order valence-electron chi connectivity index (χ1n) is 7.65. The zero-order valence-corrected chi connectivity index (χ0v) is 13.0. The number of aryl methyl sites for hydroxylation is 1. The van der Waals surface area contributed by atoms with Crippen LogP contribution in [0.5, 0.6) is 0 Å². The Morgan fingerprint density at radius 2 is 1.87 bits per heavy atom. The molecule has 118 valence electrons. The third kappa shape index (κ3) is 3.40. The smallest absolute Gasteiger partial charge is 0.269 e. The van der Waals surface area contributed by atoms with Gasteiger partial charge in [0.25, 0.3) is 5.69 Å². The SMILES string of the molecule is Cc1[nH]c2ccccc2c1CCNCc1ccc([N+](=O)[O-])cc1. The lowest BCUT2D eigenvalue weighted by Crippen LogP contribution is -2.16. The van der Waals surface area contributed by atoms with E-state index in [4.69, 9.17) is 0 Å². The second kappa shape index (κ2) is 6.62. The Morgan fingerprint density at radius 3 is 2.61 bits per heavy atom. The fraction of sp³-hybridized carbons (Fsp3) is 0.222. The van der Waals surface area contributed by atoms with Crippen LogP contribution in [0.1, 0.15) is 16.8 Å². The van der Waals surface area contributed by atoms with Crippen molar-refractivity contribution in [3.05, 3.63) is 75.5 Å². The molecule has 5 nitrogen and oxygen atoms in total. The molecule has 0 unspecified atom stereocenters. The molecule has 0 saturated heterocycles. The lowest BCUT2D eigenvalue weighted by Gasteiger charge is -2.05. The van der Waals surface area contributed by atoms with Gasteiger partial charge in [-0.3, -0.25) is 10.1 Å². The molecular formula is C18H19N3O2. The topological polar surface area (TPSA) is 71.0 Å². The zero-order valence-electron chi connectivity index (χ0n) is 13.0. The van der Waals surface area contributed by atoms with Crippen LogP contribution in [0.4, 0.5) is 5.69 Å². The van der Waals surface area contributed by atoms with E-state index in [9.17, 15) is 10.1 Å². The number of hydrogen-bond acceptors (Lipinski definition) is 3. The molecule has 1 aromatic heterocycles. The predicted octanol–water partition coefficient (Wildman–Crippen LogP) is 3.72. The Kier molecular flexibility index (Phi) is 4.39. The minimum atomic E-state index is -0.378. The fourth-order valence-electron chi connectivity index (χ4n) is 2.84. The average Bonchev–Trinajstić information content (AvgIpc) is 2.87. The van der Waals surface area contributed by atoms with Gasteiger partial charge in [-0.1, -0.05) is 30.3 Å². The summed E-state index contributed by atoms with van der Waals surface area (Å²) in [5, 5.41) is 15.3. The van der Waals surface area contributed by atoms with Crippen molar-refractivity contribution in [3.63, 3.8) is 0 Å². The number of nitro benzene ring substituents is 1.